The Morgan fingerprint density at radius 3 is 2.64 bits per heavy atom. The normalized spacial score (nSPS) is 12.0. The van der Waals surface area contributed by atoms with Crippen molar-refractivity contribution in [3.8, 4) is 0 Å². The van der Waals surface area contributed by atoms with Crippen LogP contribution in [0.4, 0.5) is 0 Å². The Morgan fingerprint density at radius 2 is 1.91 bits per heavy atom. The standard InChI is InChI=1S/C26H29N5O2/c1-19-16-24-27-13-15-31(24)18-22(19)26(33)30(3)21(17-20-8-5-4-6-9-20)11-12-28-25(32)23-10-7-14-29(23)2/h4-10,13-16,18,21H,11-12,17H2,1-3H3,(H,28,32)/t21-/m1/s1. The van der Waals surface area contributed by atoms with Crippen molar-refractivity contribution in [2.45, 2.75) is 25.8 Å². The van der Waals surface area contributed by atoms with Crippen LogP contribution < -0.4 is 5.32 Å². The fourth-order valence-corrected chi connectivity index (χ4v) is 4.10. The number of aromatic nitrogens is 3. The number of amides is 2. The van der Waals surface area contributed by atoms with Gasteiger partial charge in [0.25, 0.3) is 11.8 Å². The van der Waals surface area contributed by atoms with Gasteiger partial charge in [0.15, 0.2) is 0 Å². The largest absolute Gasteiger partial charge is 0.351 e. The molecule has 33 heavy (non-hydrogen) atoms. The number of benzene rings is 1. The smallest absolute Gasteiger partial charge is 0.267 e. The fraction of sp³-hybridized carbons (Fsp3) is 0.269. The zero-order valence-electron chi connectivity index (χ0n) is 19.2. The third-order valence-electron chi connectivity index (χ3n) is 6.09. The first kappa shape index (κ1) is 22.3. The topological polar surface area (TPSA) is 71.6 Å². The van der Waals surface area contributed by atoms with Crippen molar-refractivity contribution in [3.63, 3.8) is 0 Å². The molecule has 0 aliphatic heterocycles. The second-order valence-corrected chi connectivity index (χ2v) is 8.37. The predicted molar refractivity (Wildman–Crippen MR) is 128 cm³/mol. The Bertz CT molecular complexity index is 1260. The fourth-order valence-electron chi connectivity index (χ4n) is 4.10. The zero-order valence-corrected chi connectivity index (χ0v) is 19.2. The lowest BCUT2D eigenvalue weighted by Gasteiger charge is -2.29. The van der Waals surface area contributed by atoms with Gasteiger partial charge in [0.1, 0.15) is 11.3 Å². The quantitative estimate of drug-likeness (QED) is 0.453. The van der Waals surface area contributed by atoms with E-state index in [1.807, 2.05) is 74.3 Å². The molecule has 4 rings (SSSR count). The van der Waals surface area contributed by atoms with Gasteiger partial charge in [-0.15, -0.1) is 0 Å². The molecule has 7 heteroatoms. The van der Waals surface area contributed by atoms with Crippen LogP contribution in [0.2, 0.25) is 0 Å². The minimum atomic E-state index is -0.114. The molecule has 0 fully saturated rings. The minimum Gasteiger partial charge on any atom is -0.351 e. The average Bonchev–Trinajstić information content (AvgIpc) is 3.45. The van der Waals surface area contributed by atoms with Crippen molar-refractivity contribution in [1.29, 1.82) is 0 Å². The maximum atomic E-state index is 13.5. The predicted octanol–water partition coefficient (Wildman–Crippen LogP) is 3.48. The molecule has 3 heterocycles. The molecular formula is C26H29N5O2. The molecule has 0 saturated carbocycles. The first-order valence-corrected chi connectivity index (χ1v) is 11.1. The Labute approximate surface area is 193 Å². The number of aryl methyl sites for hydroxylation is 2. The van der Waals surface area contributed by atoms with E-state index in [9.17, 15) is 9.59 Å². The number of hydrogen-bond donors (Lipinski definition) is 1. The second-order valence-electron chi connectivity index (χ2n) is 8.37. The molecule has 0 aliphatic carbocycles. The molecule has 0 saturated heterocycles. The Morgan fingerprint density at radius 1 is 1.12 bits per heavy atom. The van der Waals surface area contributed by atoms with Gasteiger partial charge in [-0.1, -0.05) is 30.3 Å². The van der Waals surface area contributed by atoms with Gasteiger partial charge in [-0.3, -0.25) is 9.59 Å². The lowest BCUT2D eigenvalue weighted by Crippen LogP contribution is -2.41. The van der Waals surface area contributed by atoms with Crippen LogP contribution in [0.3, 0.4) is 0 Å². The molecule has 170 valence electrons. The highest BCUT2D eigenvalue weighted by Crippen LogP contribution is 2.18. The van der Waals surface area contributed by atoms with Crippen molar-refractivity contribution in [1.82, 2.24) is 24.2 Å². The molecular weight excluding hydrogens is 414 g/mol. The van der Waals surface area contributed by atoms with Crippen LogP contribution >= 0.6 is 0 Å². The molecule has 1 aromatic carbocycles. The minimum absolute atomic E-state index is 0.0437. The number of imidazole rings is 1. The van der Waals surface area contributed by atoms with E-state index in [0.29, 0.717) is 30.6 Å². The zero-order chi connectivity index (χ0) is 23.4. The van der Waals surface area contributed by atoms with Crippen LogP contribution in [0.25, 0.3) is 5.65 Å². The summed E-state index contributed by atoms with van der Waals surface area (Å²) in [6.07, 6.45) is 8.59. The summed E-state index contributed by atoms with van der Waals surface area (Å²) in [6.45, 7) is 2.40. The van der Waals surface area contributed by atoms with E-state index < -0.39 is 0 Å². The van der Waals surface area contributed by atoms with Gasteiger partial charge < -0.3 is 19.2 Å². The second kappa shape index (κ2) is 9.73. The van der Waals surface area contributed by atoms with E-state index in [1.165, 1.54) is 0 Å². The van der Waals surface area contributed by atoms with Crippen molar-refractivity contribution in [3.05, 3.63) is 95.7 Å². The summed E-state index contributed by atoms with van der Waals surface area (Å²) in [5, 5.41) is 3.00. The van der Waals surface area contributed by atoms with Crippen molar-refractivity contribution < 1.29 is 9.59 Å². The van der Waals surface area contributed by atoms with Crippen molar-refractivity contribution in [2.75, 3.05) is 13.6 Å². The van der Waals surface area contributed by atoms with Crippen LogP contribution in [0.15, 0.2) is 73.3 Å². The van der Waals surface area contributed by atoms with Gasteiger partial charge in [-0.25, -0.2) is 4.98 Å². The molecule has 2 amide bonds. The number of nitrogens with one attached hydrogen (secondary N) is 1. The summed E-state index contributed by atoms with van der Waals surface area (Å²) < 4.78 is 3.65. The number of fused-ring (bicyclic) bond motifs is 1. The third-order valence-corrected chi connectivity index (χ3v) is 6.09. The first-order chi connectivity index (χ1) is 15.9. The van der Waals surface area contributed by atoms with E-state index in [1.54, 1.807) is 21.7 Å². The van der Waals surface area contributed by atoms with Gasteiger partial charge in [0, 0.05) is 51.5 Å². The van der Waals surface area contributed by atoms with Gasteiger partial charge in [-0.2, -0.15) is 0 Å². The van der Waals surface area contributed by atoms with E-state index in [0.717, 1.165) is 16.8 Å². The lowest BCUT2D eigenvalue weighted by molar-refractivity contribution is 0.0721. The summed E-state index contributed by atoms with van der Waals surface area (Å²) >= 11 is 0. The van der Waals surface area contributed by atoms with Gasteiger partial charge >= 0.3 is 0 Å². The molecule has 7 nitrogen and oxygen atoms in total. The van der Waals surface area contributed by atoms with E-state index >= 15 is 0 Å². The van der Waals surface area contributed by atoms with Gasteiger partial charge in [0.2, 0.25) is 0 Å². The number of nitrogens with zero attached hydrogens (tertiary/aromatic N) is 4. The number of carbonyl (C=O) groups is 2. The van der Waals surface area contributed by atoms with Crippen LogP contribution in [0, 0.1) is 6.92 Å². The molecule has 0 radical (unpaired) electrons. The van der Waals surface area contributed by atoms with Crippen molar-refractivity contribution >= 4 is 17.5 Å². The van der Waals surface area contributed by atoms with Gasteiger partial charge in [-0.05, 0) is 49.1 Å². The lowest BCUT2D eigenvalue weighted by atomic mass is 10.0. The monoisotopic (exact) mass is 443 g/mol. The number of likely N-dealkylation sites (N-methyl/N-ethyl adjacent to an activating group) is 1. The van der Waals surface area contributed by atoms with Crippen LogP contribution in [-0.4, -0.2) is 50.3 Å². The number of rotatable bonds is 8. The molecule has 0 unspecified atom stereocenters. The maximum absolute atomic E-state index is 13.5. The summed E-state index contributed by atoms with van der Waals surface area (Å²) in [7, 11) is 3.69. The van der Waals surface area contributed by atoms with E-state index in [4.69, 9.17) is 0 Å². The highest BCUT2D eigenvalue weighted by molar-refractivity contribution is 5.96. The highest BCUT2D eigenvalue weighted by Gasteiger charge is 2.23. The SMILES string of the molecule is Cc1cc2nccn2cc1C(=O)N(C)[C@H](CCNC(=O)c1cccn1C)Cc1ccccc1. The Hall–Kier alpha value is -3.87. The number of hydrogen-bond acceptors (Lipinski definition) is 3. The Kier molecular flexibility index (Phi) is 6.58. The first-order valence-electron chi connectivity index (χ1n) is 11.1. The van der Waals surface area contributed by atoms with Crippen LogP contribution in [-0.2, 0) is 13.5 Å². The summed E-state index contributed by atoms with van der Waals surface area (Å²) in [5.41, 5.74) is 4.12. The number of carbonyl (C=O) groups excluding carboxylic acids is 2. The molecule has 0 aliphatic rings. The maximum Gasteiger partial charge on any atom is 0.267 e. The Balaban J connectivity index is 1.51. The van der Waals surface area contributed by atoms with E-state index in [2.05, 4.69) is 22.4 Å². The molecule has 4 aromatic rings. The molecule has 0 bridgehead atoms. The summed E-state index contributed by atoms with van der Waals surface area (Å²) in [5.74, 6) is -0.158. The third kappa shape index (κ3) is 4.98. The summed E-state index contributed by atoms with van der Waals surface area (Å²) in [4.78, 5) is 32.1. The molecule has 1 N–H and O–H groups in total. The average molecular weight is 444 g/mol. The van der Waals surface area contributed by atoms with Crippen LogP contribution in [0.1, 0.15) is 38.4 Å². The van der Waals surface area contributed by atoms with E-state index in [-0.39, 0.29) is 17.9 Å². The summed E-state index contributed by atoms with van der Waals surface area (Å²) in [6, 6.07) is 15.6. The number of pyridine rings is 1. The highest BCUT2D eigenvalue weighted by atomic mass is 16.2. The molecule has 0 spiro atoms. The molecule has 3 aromatic heterocycles. The van der Waals surface area contributed by atoms with Gasteiger partial charge in [0.05, 0.1) is 5.56 Å². The van der Waals surface area contributed by atoms with Crippen molar-refractivity contribution in [2.24, 2.45) is 7.05 Å². The van der Waals surface area contributed by atoms with Crippen LogP contribution in [0.5, 0.6) is 0 Å². The molecule has 1 atom stereocenters.